The molecule has 0 fully saturated rings. The number of nitrogens with one attached hydrogen (secondary N) is 1. The van der Waals surface area contributed by atoms with E-state index < -0.39 is 0 Å². The molecule has 0 unspecified atom stereocenters. The van der Waals surface area contributed by atoms with Gasteiger partial charge in [-0.05, 0) is 13.8 Å². The predicted molar refractivity (Wildman–Crippen MR) is 76.5 cm³/mol. The monoisotopic (exact) mass is 303 g/mol. The maximum Gasteiger partial charge on any atom is 0.216 e. The molecule has 2 aromatic heterocycles. The van der Waals surface area contributed by atoms with Gasteiger partial charge in [0.2, 0.25) is 5.95 Å². The molecule has 0 bridgehead atoms. The van der Waals surface area contributed by atoms with Crippen LogP contribution in [0.5, 0.6) is 0 Å². The van der Waals surface area contributed by atoms with Crippen LogP contribution in [-0.4, -0.2) is 31.3 Å². The van der Waals surface area contributed by atoms with Crippen LogP contribution >= 0.6 is 12.4 Å². The van der Waals surface area contributed by atoms with E-state index in [0.717, 1.165) is 5.69 Å². The second kappa shape index (κ2) is 7.25. The summed E-state index contributed by atoms with van der Waals surface area (Å²) in [5.74, 6) is -0.296. The summed E-state index contributed by atoms with van der Waals surface area (Å²) >= 11 is 0. The van der Waals surface area contributed by atoms with Crippen molar-refractivity contribution in [2.24, 2.45) is 0 Å². The first-order valence-corrected chi connectivity index (χ1v) is 6.24. The minimum Gasteiger partial charge on any atom is -0.394 e. The maximum absolute atomic E-state index is 13.9. The number of hydrogen-bond acceptors (Lipinski definition) is 4. The Morgan fingerprint density at radius 1 is 1.45 bits per heavy atom. The van der Waals surface area contributed by atoms with Crippen molar-refractivity contribution in [1.29, 1.82) is 0 Å². The molecule has 0 radical (unpaired) electrons. The van der Waals surface area contributed by atoms with Crippen molar-refractivity contribution in [1.82, 2.24) is 19.6 Å². The van der Waals surface area contributed by atoms with Crippen LogP contribution in [0.2, 0.25) is 0 Å². The van der Waals surface area contributed by atoms with Crippen molar-refractivity contribution in [2.75, 3.05) is 11.9 Å². The molecule has 0 aromatic carbocycles. The number of aliphatic hydroxyl groups excluding tert-OH is 1. The highest BCUT2D eigenvalue weighted by Crippen LogP contribution is 2.14. The predicted octanol–water partition coefficient (Wildman–Crippen LogP) is 1.57. The molecule has 20 heavy (non-hydrogen) atoms. The molecule has 2 N–H and O–H groups in total. The highest BCUT2D eigenvalue weighted by molar-refractivity contribution is 5.85. The number of hydrogen-bond donors (Lipinski definition) is 2. The third-order valence-electron chi connectivity index (χ3n) is 2.91. The van der Waals surface area contributed by atoms with Gasteiger partial charge < -0.3 is 10.4 Å². The van der Waals surface area contributed by atoms with E-state index in [1.54, 1.807) is 24.0 Å². The smallest absolute Gasteiger partial charge is 0.216 e. The molecule has 2 rings (SSSR count). The van der Waals surface area contributed by atoms with Crippen LogP contribution in [0.4, 0.5) is 10.1 Å². The van der Waals surface area contributed by atoms with E-state index in [-0.39, 0.29) is 25.0 Å². The lowest BCUT2D eigenvalue weighted by Gasteiger charge is -2.02. The topological polar surface area (TPSA) is 67.9 Å². The SMILES string of the molecule is CCn1nc(C)c(CNc2cnn(CCO)c2)c1F.Cl. The average molecular weight is 304 g/mol. The summed E-state index contributed by atoms with van der Waals surface area (Å²) in [5, 5.41) is 20.1. The van der Waals surface area contributed by atoms with Gasteiger partial charge in [-0.2, -0.15) is 14.6 Å². The van der Waals surface area contributed by atoms with E-state index in [1.165, 1.54) is 4.68 Å². The Labute approximate surface area is 123 Å². The Hall–Kier alpha value is -1.60. The zero-order valence-electron chi connectivity index (χ0n) is 11.5. The molecule has 0 aliphatic carbocycles. The molecule has 6 nitrogen and oxygen atoms in total. The number of rotatable bonds is 6. The summed E-state index contributed by atoms with van der Waals surface area (Å²) in [5.41, 5.74) is 2.04. The van der Waals surface area contributed by atoms with Crippen LogP contribution in [-0.2, 0) is 19.6 Å². The van der Waals surface area contributed by atoms with E-state index in [1.807, 2.05) is 6.92 Å². The van der Waals surface area contributed by atoms with Crippen LogP contribution < -0.4 is 5.32 Å². The minimum absolute atomic E-state index is 0. The molecule has 2 heterocycles. The molecule has 112 valence electrons. The van der Waals surface area contributed by atoms with Crippen molar-refractivity contribution in [3.8, 4) is 0 Å². The average Bonchev–Trinajstić information content (AvgIpc) is 2.93. The Morgan fingerprint density at radius 2 is 2.20 bits per heavy atom. The Morgan fingerprint density at radius 3 is 2.80 bits per heavy atom. The van der Waals surface area contributed by atoms with Gasteiger partial charge in [-0.15, -0.1) is 12.4 Å². The fourth-order valence-corrected chi connectivity index (χ4v) is 1.87. The van der Waals surface area contributed by atoms with Crippen molar-refractivity contribution in [3.05, 3.63) is 29.6 Å². The van der Waals surface area contributed by atoms with Crippen LogP contribution in [0.3, 0.4) is 0 Å². The summed E-state index contributed by atoms with van der Waals surface area (Å²) in [6.07, 6.45) is 3.42. The molecule has 0 saturated carbocycles. The summed E-state index contributed by atoms with van der Waals surface area (Å²) < 4.78 is 16.9. The molecule has 0 aliphatic rings. The fourth-order valence-electron chi connectivity index (χ4n) is 1.87. The lowest BCUT2D eigenvalue weighted by molar-refractivity contribution is 0.269. The Bertz CT molecular complexity index is 554. The molecule has 0 saturated heterocycles. The van der Waals surface area contributed by atoms with E-state index >= 15 is 0 Å². The van der Waals surface area contributed by atoms with Crippen LogP contribution in [0, 0.1) is 12.9 Å². The van der Waals surface area contributed by atoms with Gasteiger partial charge in [-0.3, -0.25) is 4.68 Å². The van der Waals surface area contributed by atoms with E-state index in [9.17, 15) is 4.39 Å². The number of aryl methyl sites for hydroxylation is 2. The van der Waals surface area contributed by atoms with Crippen LogP contribution in [0.1, 0.15) is 18.2 Å². The second-order valence-electron chi connectivity index (χ2n) is 4.24. The van der Waals surface area contributed by atoms with Crippen molar-refractivity contribution < 1.29 is 9.50 Å². The largest absolute Gasteiger partial charge is 0.394 e. The maximum atomic E-state index is 13.9. The quantitative estimate of drug-likeness (QED) is 0.850. The zero-order valence-corrected chi connectivity index (χ0v) is 12.3. The first-order chi connectivity index (χ1) is 9.15. The van der Waals surface area contributed by atoms with Gasteiger partial charge >= 0.3 is 0 Å². The van der Waals surface area contributed by atoms with Gasteiger partial charge in [0.05, 0.1) is 30.7 Å². The normalized spacial score (nSPS) is 10.4. The van der Waals surface area contributed by atoms with Crippen molar-refractivity contribution in [2.45, 2.75) is 33.5 Å². The summed E-state index contributed by atoms with van der Waals surface area (Å²) in [7, 11) is 0. The number of halogens is 2. The van der Waals surface area contributed by atoms with E-state index in [4.69, 9.17) is 5.11 Å². The third-order valence-corrected chi connectivity index (χ3v) is 2.91. The summed E-state index contributed by atoms with van der Waals surface area (Å²) in [6, 6.07) is 0. The molecule has 2 aromatic rings. The molecule has 0 aliphatic heterocycles. The van der Waals surface area contributed by atoms with Gasteiger partial charge in [0.15, 0.2) is 0 Å². The Kier molecular flexibility index (Phi) is 5.97. The number of aromatic nitrogens is 4. The molecular weight excluding hydrogens is 285 g/mol. The molecule has 0 spiro atoms. The fraction of sp³-hybridized carbons (Fsp3) is 0.500. The van der Waals surface area contributed by atoms with Crippen LogP contribution in [0.15, 0.2) is 12.4 Å². The van der Waals surface area contributed by atoms with Gasteiger partial charge in [-0.25, -0.2) is 4.68 Å². The number of aliphatic hydroxyl groups is 1. The summed E-state index contributed by atoms with van der Waals surface area (Å²) in [4.78, 5) is 0. The molecular formula is C12H19ClFN5O. The Balaban J connectivity index is 0.00000200. The van der Waals surface area contributed by atoms with Gasteiger partial charge in [0, 0.05) is 24.8 Å². The standard InChI is InChI=1S/C12H18FN5O.ClH/c1-3-18-12(13)11(9(2)16-18)7-14-10-6-15-17(8-10)4-5-19;/h6,8,14,19H,3-5,7H2,1-2H3;1H. The van der Waals surface area contributed by atoms with Gasteiger partial charge in [0.1, 0.15) is 0 Å². The lowest BCUT2D eigenvalue weighted by Crippen LogP contribution is -2.04. The van der Waals surface area contributed by atoms with Crippen molar-refractivity contribution in [3.63, 3.8) is 0 Å². The zero-order chi connectivity index (χ0) is 13.8. The number of nitrogens with zero attached hydrogens (tertiary/aromatic N) is 4. The lowest BCUT2D eigenvalue weighted by atomic mass is 10.2. The molecule has 0 atom stereocenters. The van der Waals surface area contributed by atoms with E-state index in [0.29, 0.717) is 30.9 Å². The second-order valence-corrected chi connectivity index (χ2v) is 4.24. The summed E-state index contributed by atoms with van der Waals surface area (Å²) in [6.45, 7) is 5.01. The highest BCUT2D eigenvalue weighted by atomic mass is 35.5. The minimum atomic E-state index is -0.296. The van der Waals surface area contributed by atoms with E-state index in [2.05, 4.69) is 15.5 Å². The number of anilines is 1. The highest BCUT2D eigenvalue weighted by Gasteiger charge is 2.13. The van der Waals surface area contributed by atoms with Crippen LogP contribution in [0.25, 0.3) is 0 Å². The van der Waals surface area contributed by atoms with Crippen molar-refractivity contribution >= 4 is 18.1 Å². The third kappa shape index (κ3) is 3.49. The first-order valence-electron chi connectivity index (χ1n) is 6.24. The van der Waals surface area contributed by atoms with Gasteiger partial charge in [-0.1, -0.05) is 0 Å². The molecule has 0 amide bonds. The first kappa shape index (κ1) is 16.5. The molecule has 8 heteroatoms. The van der Waals surface area contributed by atoms with Gasteiger partial charge in [0.25, 0.3) is 0 Å².